The van der Waals surface area contributed by atoms with Crippen LogP contribution in [-0.2, 0) is 78.2 Å². The molecule has 2 rings (SSSR count). The molecule has 0 aromatic heterocycles. The molecular weight excluding hydrogens is 975 g/mol. The summed E-state index contributed by atoms with van der Waals surface area (Å²) < 4.78 is 15.8. The Morgan fingerprint density at radius 1 is 0.603 bits per heavy atom. The predicted octanol–water partition coefficient (Wildman–Crippen LogP) is -8.00. The van der Waals surface area contributed by atoms with Gasteiger partial charge in [-0.3, -0.25) is 52.7 Å². The van der Waals surface area contributed by atoms with Gasteiger partial charge in [-0.15, -0.1) is 0 Å². The van der Waals surface area contributed by atoms with Crippen LogP contribution < -0.4 is 58.5 Å². The van der Waals surface area contributed by atoms with Gasteiger partial charge in [-0.2, -0.15) is 0 Å². The molecule has 0 aliphatic carbocycles. The molecule has 0 bridgehead atoms. The molecule has 73 heavy (non-hydrogen) atoms. The fourth-order valence-electron chi connectivity index (χ4n) is 5.99. The number of ketones is 1. The number of aliphatic hydroxyl groups excluding tert-OH is 3. The maximum Gasteiger partial charge on any atom is 0.408 e. The topological polar surface area (TPSA) is 443 Å². The molecule has 30 heteroatoms. The molecule has 30 nitrogen and oxygen atoms in total. The summed E-state index contributed by atoms with van der Waals surface area (Å²) in [6.45, 7) is 1.22. The quantitative estimate of drug-likeness (QED) is 0.0364. The van der Waals surface area contributed by atoms with E-state index in [1.54, 1.807) is 30.3 Å². The van der Waals surface area contributed by atoms with Crippen LogP contribution >= 0.6 is 0 Å². The van der Waals surface area contributed by atoms with Crippen LogP contribution in [0.1, 0.15) is 46.6 Å². The van der Waals surface area contributed by atoms with Crippen molar-refractivity contribution in [1.82, 2.24) is 58.5 Å². The Morgan fingerprint density at radius 2 is 1.10 bits per heavy atom. The summed E-state index contributed by atoms with van der Waals surface area (Å²) in [5, 5.41) is 55.2. The molecule has 0 saturated carbocycles. The number of hydrogen-bond donors (Lipinski definition) is 14. The largest absolute Gasteiger partial charge is 0.454 e. The molecule has 1 saturated heterocycles. The van der Waals surface area contributed by atoms with Crippen molar-refractivity contribution in [3.05, 3.63) is 35.9 Å². The first-order chi connectivity index (χ1) is 34.3. The van der Waals surface area contributed by atoms with Crippen molar-refractivity contribution in [3.63, 3.8) is 0 Å². The van der Waals surface area contributed by atoms with Crippen molar-refractivity contribution in [1.29, 1.82) is 0 Å². The van der Waals surface area contributed by atoms with E-state index in [-0.39, 0.29) is 18.7 Å². The second kappa shape index (κ2) is 30.8. The van der Waals surface area contributed by atoms with Crippen molar-refractivity contribution in [2.24, 2.45) is 0 Å². The molecule has 14 N–H and O–H groups in total. The molecule has 1 aliphatic heterocycles. The van der Waals surface area contributed by atoms with Crippen LogP contribution in [0.15, 0.2) is 30.3 Å². The van der Waals surface area contributed by atoms with Gasteiger partial charge >= 0.3 is 12.1 Å². The number of ether oxygens (including phenoxy) is 3. The van der Waals surface area contributed by atoms with E-state index >= 15 is 0 Å². The van der Waals surface area contributed by atoms with Gasteiger partial charge in [0.1, 0.15) is 47.8 Å². The summed E-state index contributed by atoms with van der Waals surface area (Å²) in [6.07, 6.45) is -8.53. The van der Waals surface area contributed by atoms with Gasteiger partial charge in [-0.05, 0) is 33.3 Å². The van der Waals surface area contributed by atoms with Crippen LogP contribution in [0.25, 0.3) is 0 Å². The van der Waals surface area contributed by atoms with E-state index in [1.165, 1.54) is 27.7 Å². The van der Waals surface area contributed by atoms with E-state index in [0.29, 0.717) is 5.56 Å². The molecule has 3 unspecified atom stereocenters. The first-order valence-electron chi connectivity index (χ1n) is 22.3. The maximum atomic E-state index is 13.4. The number of hydrogen-bond acceptors (Lipinski definition) is 19. The Hall–Kier alpha value is -7.83. The van der Waals surface area contributed by atoms with E-state index in [4.69, 9.17) is 14.2 Å². The fraction of sp³-hybridized carbons (Fsp3) is 0.558. The second-order valence-electron chi connectivity index (χ2n) is 17.0. The second-order valence-corrected chi connectivity index (χ2v) is 17.0. The Morgan fingerprint density at radius 3 is 1.58 bits per heavy atom. The Kier molecular flexibility index (Phi) is 25.9. The molecule has 1 aromatic carbocycles. The Bertz CT molecular complexity index is 2160. The third-order valence-electron chi connectivity index (χ3n) is 9.43. The van der Waals surface area contributed by atoms with Gasteiger partial charge in [0, 0.05) is 13.3 Å². The highest BCUT2D eigenvalue weighted by atomic mass is 16.6. The van der Waals surface area contributed by atoms with E-state index < -0.39 is 178 Å². The average molecular weight is 1040 g/mol. The number of carbonyl (C=O) groups is 13. The van der Waals surface area contributed by atoms with Crippen LogP contribution in [0.2, 0.25) is 0 Å². The summed E-state index contributed by atoms with van der Waals surface area (Å²) in [5.74, 6) is -10.0. The maximum absolute atomic E-state index is 13.4. The lowest BCUT2D eigenvalue weighted by atomic mass is 9.95. The number of amides is 11. The molecule has 1 heterocycles. The van der Waals surface area contributed by atoms with Crippen molar-refractivity contribution in [3.8, 4) is 0 Å². The molecule has 1 aromatic rings. The average Bonchev–Trinajstić information content (AvgIpc) is 3.32. The van der Waals surface area contributed by atoms with Gasteiger partial charge in [0.2, 0.25) is 53.2 Å². The summed E-state index contributed by atoms with van der Waals surface area (Å²) in [4.78, 5) is 161. The van der Waals surface area contributed by atoms with Crippen molar-refractivity contribution in [2.45, 2.75) is 95.7 Å². The lowest BCUT2D eigenvalue weighted by Gasteiger charge is -2.42. The molecular formula is C43H63N11O19. The number of nitrogens with one attached hydrogen (secondary N) is 11. The molecule has 1 aliphatic rings. The third-order valence-corrected chi connectivity index (χ3v) is 9.43. The van der Waals surface area contributed by atoms with Gasteiger partial charge in [0.05, 0.1) is 58.8 Å². The monoisotopic (exact) mass is 1040 g/mol. The van der Waals surface area contributed by atoms with E-state index in [1.807, 2.05) is 0 Å². The molecule has 7 atom stereocenters. The molecule has 11 amide bonds. The van der Waals surface area contributed by atoms with E-state index in [2.05, 4.69) is 58.5 Å². The summed E-state index contributed by atoms with van der Waals surface area (Å²) in [5.41, 5.74) is -0.542. The minimum atomic E-state index is -1.75. The standard InChI is InChI=1S/C43H63N11O19/c1-22(56)13-44-29(59)14-45-30(60)15-46-31(61)16-47-32(62)17-48-33(63)18-49-35(65)21-71-41(69)26(11-24-9-7-6-8-10-24)52-34(64)19-50-39(68)25(53-42(70)73-43(3,4)5)12-28(58)54-40-36(51-23(2)57)38(67)37(66)27(20-55)72-40/h6-10,25-27,36-38,40,55,66-67H,11-21H2,1-5H3,(H,44,59)(H,45,60)(H,46,61)(H,47,62)(H,48,63)(H,49,65)(H,50,68)(H,51,57)(H,52,64)(H,53,70)(H,54,58)/t25?,26-,27?,36?,37+,38+,40+/m0/s1. The first-order valence-corrected chi connectivity index (χ1v) is 22.3. The zero-order valence-corrected chi connectivity index (χ0v) is 40.6. The number of Topliss-reactive ketones (excluding diaryl/α,β-unsaturated/α-hetero) is 1. The highest BCUT2D eigenvalue weighted by molar-refractivity contribution is 5.95. The van der Waals surface area contributed by atoms with Crippen LogP contribution in [0.5, 0.6) is 0 Å². The number of carbonyl (C=O) groups excluding carboxylic acids is 13. The molecule has 404 valence electrons. The van der Waals surface area contributed by atoms with Gasteiger partial charge < -0.3 is 88.0 Å². The summed E-state index contributed by atoms with van der Waals surface area (Å²) >= 11 is 0. The van der Waals surface area contributed by atoms with E-state index in [9.17, 15) is 77.6 Å². The lowest BCUT2D eigenvalue weighted by Crippen LogP contribution is -2.68. The predicted molar refractivity (Wildman–Crippen MR) is 246 cm³/mol. The van der Waals surface area contributed by atoms with Crippen LogP contribution in [-0.4, -0.2) is 200 Å². The molecule has 1 fully saturated rings. The fourth-order valence-corrected chi connectivity index (χ4v) is 5.99. The van der Waals surface area contributed by atoms with Gasteiger partial charge in [-0.1, -0.05) is 30.3 Å². The Labute approximate surface area is 417 Å². The third kappa shape index (κ3) is 25.2. The number of alkyl carbamates (subject to hydrolysis) is 1. The number of benzene rings is 1. The SMILES string of the molecule is CC(=O)CNC(=O)CNC(=O)CNC(=O)CNC(=O)CNC(=O)CNC(=O)COC(=O)[C@H](Cc1ccccc1)NC(=O)CNC(=O)C(CC(=O)N[C@@H]1OC(CO)[C@@H](O)[C@H](O)C1NC(C)=O)NC(=O)OC(C)(C)C. The smallest absolute Gasteiger partial charge is 0.408 e. The van der Waals surface area contributed by atoms with Crippen molar-refractivity contribution in [2.75, 3.05) is 59.0 Å². The first kappa shape index (κ1) is 61.3. The zero-order chi connectivity index (χ0) is 54.8. The van der Waals surface area contributed by atoms with Crippen LogP contribution in [0.4, 0.5) is 4.79 Å². The van der Waals surface area contributed by atoms with Gasteiger partial charge in [-0.25, -0.2) is 9.59 Å². The van der Waals surface area contributed by atoms with Crippen molar-refractivity contribution >= 4 is 76.9 Å². The highest BCUT2D eigenvalue weighted by Gasteiger charge is 2.45. The van der Waals surface area contributed by atoms with Crippen molar-refractivity contribution < 1.29 is 91.9 Å². The summed E-state index contributed by atoms with van der Waals surface area (Å²) in [7, 11) is 0. The number of esters is 1. The zero-order valence-electron chi connectivity index (χ0n) is 40.6. The van der Waals surface area contributed by atoms with Crippen LogP contribution in [0, 0.1) is 0 Å². The van der Waals surface area contributed by atoms with Crippen LogP contribution in [0.3, 0.4) is 0 Å². The van der Waals surface area contributed by atoms with Gasteiger partial charge in [0.15, 0.2) is 12.8 Å². The minimum absolute atomic E-state index is 0.179. The minimum Gasteiger partial charge on any atom is -0.454 e. The van der Waals surface area contributed by atoms with Gasteiger partial charge in [0.25, 0.3) is 5.91 Å². The lowest BCUT2D eigenvalue weighted by molar-refractivity contribution is -0.203. The summed E-state index contributed by atoms with van der Waals surface area (Å²) in [6, 6.07) is 3.54. The molecule has 0 spiro atoms. The number of rotatable bonds is 27. The number of aliphatic hydroxyl groups is 3. The Balaban J connectivity index is 1.94. The van der Waals surface area contributed by atoms with E-state index in [0.717, 1.165) is 6.92 Å². The highest BCUT2D eigenvalue weighted by Crippen LogP contribution is 2.20. The molecule has 0 radical (unpaired) electrons. The normalized spacial score (nSPS) is 17.8.